The third-order valence-electron chi connectivity index (χ3n) is 5.09. The maximum atomic E-state index is 12.8. The summed E-state index contributed by atoms with van der Waals surface area (Å²) in [5, 5.41) is 0. The molecule has 1 fully saturated rings. The second-order valence-corrected chi connectivity index (χ2v) is 6.92. The molecule has 2 rings (SSSR count). The average molecular weight is 302 g/mol. The van der Waals surface area contributed by atoms with Crippen molar-refractivity contribution in [2.75, 3.05) is 0 Å². The van der Waals surface area contributed by atoms with Gasteiger partial charge < -0.3 is 0 Å². The molecule has 0 radical (unpaired) electrons. The summed E-state index contributed by atoms with van der Waals surface area (Å²) in [6, 6.07) is 6.84. The molecule has 1 aromatic rings. The Labute approximate surface area is 135 Å². The van der Waals surface area contributed by atoms with Crippen molar-refractivity contribution in [2.24, 2.45) is 11.8 Å². The van der Waals surface area contributed by atoms with Gasteiger partial charge in [0.05, 0.1) is 0 Å². The number of rotatable bonds is 8. The lowest BCUT2D eigenvalue weighted by atomic mass is 9.78. The minimum Gasteiger partial charge on any atom is -0.207 e. The van der Waals surface area contributed by atoms with Crippen LogP contribution in [-0.2, 0) is 6.42 Å². The lowest BCUT2D eigenvalue weighted by Crippen LogP contribution is -2.14. The smallest absolute Gasteiger partial charge is 0.123 e. The molecule has 22 heavy (non-hydrogen) atoms. The Hall–Kier alpha value is -1.11. The van der Waals surface area contributed by atoms with E-state index in [1.165, 1.54) is 63.4 Å². The fraction of sp³-hybridized carbons (Fsp3) is 0.619. The van der Waals surface area contributed by atoms with Gasteiger partial charge in [0.1, 0.15) is 5.82 Å². The maximum absolute atomic E-state index is 12.8. The first kappa shape index (κ1) is 17.2. The summed E-state index contributed by atoms with van der Waals surface area (Å²) >= 11 is 0. The molecule has 0 aliphatic heterocycles. The largest absolute Gasteiger partial charge is 0.207 e. The molecule has 0 atom stereocenters. The van der Waals surface area contributed by atoms with Crippen molar-refractivity contribution in [2.45, 2.75) is 71.1 Å². The van der Waals surface area contributed by atoms with E-state index in [0.29, 0.717) is 0 Å². The molecule has 0 aromatic heterocycles. The van der Waals surface area contributed by atoms with Gasteiger partial charge in [0, 0.05) is 0 Å². The van der Waals surface area contributed by atoms with Gasteiger partial charge in [-0.05, 0) is 55.2 Å². The predicted molar refractivity (Wildman–Crippen MR) is 93.5 cm³/mol. The zero-order valence-corrected chi connectivity index (χ0v) is 14.1. The summed E-state index contributed by atoms with van der Waals surface area (Å²) in [4.78, 5) is 0. The zero-order valence-electron chi connectivity index (χ0n) is 14.1. The summed E-state index contributed by atoms with van der Waals surface area (Å²) in [6.07, 6.45) is 18.1. The highest BCUT2D eigenvalue weighted by Gasteiger charge is 2.19. The monoisotopic (exact) mass is 302 g/mol. The van der Waals surface area contributed by atoms with E-state index < -0.39 is 0 Å². The number of halogens is 1. The van der Waals surface area contributed by atoms with Gasteiger partial charge in [-0.1, -0.05) is 69.7 Å². The first-order chi connectivity index (χ1) is 10.8. The van der Waals surface area contributed by atoms with Crippen LogP contribution in [-0.4, -0.2) is 0 Å². The summed E-state index contributed by atoms with van der Waals surface area (Å²) in [6.45, 7) is 2.29. The molecular formula is C21H31F. The first-order valence-corrected chi connectivity index (χ1v) is 9.17. The summed E-state index contributed by atoms with van der Waals surface area (Å²) in [7, 11) is 0. The highest BCUT2D eigenvalue weighted by Crippen LogP contribution is 2.33. The van der Waals surface area contributed by atoms with Crippen molar-refractivity contribution in [3.8, 4) is 0 Å². The molecule has 0 saturated heterocycles. The predicted octanol–water partition coefficient (Wildman–Crippen LogP) is 6.70. The van der Waals surface area contributed by atoms with Gasteiger partial charge in [0.15, 0.2) is 0 Å². The SMILES string of the molecule is CCCCCC1CCC(C/C=C/Cc2ccc(F)cc2)CC1. The van der Waals surface area contributed by atoms with Crippen LogP contribution in [0.5, 0.6) is 0 Å². The van der Waals surface area contributed by atoms with Gasteiger partial charge in [0.25, 0.3) is 0 Å². The first-order valence-electron chi connectivity index (χ1n) is 9.17. The van der Waals surface area contributed by atoms with Crippen LogP contribution in [0.4, 0.5) is 4.39 Å². The molecule has 0 unspecified atom stereocenters. The van der Waals surface area contributed by atoms with E-state index in [1.807, 2.05) is 12.1 Å². The van der Waals surface area contributed by atoms with Crippen LogP contribution in [0.1, 0.15) is 70.3 Å². The van der Waals surface area contributed by atoms with Crippen molar-refractivity contribution in [3.05, 3.63) is 47.8 Å². The Balaban J connectivity index is 1.60. The molecule has 0 amide bonds. The number of hydrogen-bond donors (Lipinski definition) is 0. The van der Waals surface area contributed by atoms with Crippen LogP contribution in [0.15, 0.2) is 36.4 Å². The normalized spacial score (nSPS) is 22.3. The number of unbranched alkanes of at least 4 members (excludes halogenated alkanes) is 2. The van der Waals surface area contributed by atoms with E-state index in [0.717, 1.165) is 18.3 Å². The van der Waals surface area contributed by atoms with Crippen LogP contribution in [0.2, 0.25) is 0 Å². The highest BCUT2D eigenvalue weighted by atomic mass is 19.1. The quantitative estimate of drug-likeness (QED) is 0.370. The molecule has 0 N–H and O–H groups in total. The molecule has 1 saturated carbocycles. The lowest BCUT2D eigenvalue weighted by Gasteiger charge is -2.27. The van der Waals surface area contributed by atoms with E-state index in [9.17, 15) is 4.39 Å². The Morgan fingerprint density at radius 2 is 1.64 bits per heavy atom. The van der Waals surface area contributed by atoms with Crippen LogP contribution >= 0.6 is 0 Å². The number of allylic oxidation sites excluding steroid dienone is 2. The van der Waals surface area contributed by atoms with Gasteiger partial charge >= 0.3 is 0 Å². The fourth-order valence-electron chi connectivity index (χ4n) is 3.57. The standard InChI is InChI=1S/C21H31F/c1-2-3-4-7-18-10-12-19(13-11-18)8-5-6-9-20-14-16-21(22)17-15-20/h5-6,14-19H,2-4,7-13H2,1H3/b6-5+. The third kappa shape index (κ3) is 6.34. The third-order valence-corrected chi connectivity index (χ3v) is 5.09. The van der Waals surface area contributed by atoms with E-state index in [4.69, 9.17) is 0 Å². The summed E-state index contributed by atoms with van der Waals surface area (Å²) < 4.78 is 12.8. The van der Waals surface area contributed by atoms with Crippen LogP contribution < -0.4 is 0 Å². The van der Waals surface area contributed by atoms with Crippen LogP contribution in [0.3, 0.4) is 0 Å². The van der Waals surface area contributed by atoms with Gasteiger partial charge in [-0.3, -0.25) is 0 Å². The second kappa shape index (κ2) is 9.82. The minimum atomic E-state index is -0.150. The van der Waals surface area contributed by atoms with Crippen molar-refractivity contribution in [1.82, 2.24) is 0 Å². The van der Waals surface area contributed by atoms with E-state index in [-0.39, 0.29) is 5.82 Å². The summed E-state index contributed by atoms with van der Waals surface area (Å²) in [5.41, 5.74) is 1.19. The van der Waals surface area contributed by atoms with Crippen LogP contribution in [0, 0.1) is 17.7 Å². The fourth-order valence-corrected chi connectivity index (χ4v) is 3.57. The molecule has 0 bridgehead atoms. The van der Waals surface area contributed by atoms with Crippen molar-refractivity contribution in [1.29, 1.82) is 0 Å². The highest BCUT2D eigenvalue weighted by molar-refractivity contribution is 5.18. The molecule has 0 heterocycles. The van der Waals surface area contributed by atoms with Gasteiger partial charge in [-0.25, -0.2) is 4.39 Å². The minimum absolute atomic E-state index is 0.150. The molecule has 0 spiro atoms. The van der Waals surface area contributed by atoms with E-state index in [1.54, 1.807) is 12.1 Å². The number of benzene rings is 1. The molecule has 1 aromatic carbocycles. The Kier molecular flexibility index (Phi) is 7.70. The maximum Gasteiger partial charge on any atom is 0.123 e. The molecule has 0 nitrogen and oxygen atoms in total. The Bertz CT molecular complexity index is 424. The topological polar surface area (TPSA) is 0 Å². The Morgan fingerprint density at radius 3 is 2.32 bits per heavy atom. The van der Waals surface area contributed by atoms with Gasteiger partial charge in [-0.2, -0.15) is 0 Å². The van der Waals surface area contributed by atoms with Crippen LogP contribution in [0.25, 0.3) is 0 Å². The molecule has 122 valence electrons. The van der Waals surface area contributed by atoms with Gasteiger partial charge in [-0.15, -0.1) is 0 Å². The van der Waals surface area contributed by atoms with Crippen molar-refractivity contribution >= 4 is 0 Å². The second-order valence-electron chi connectivity index (χ2n) is 6.92. The van der Waals surface area contributed by atoms with E-state index in [2.05, 4.69) is 19.1 Å². The van der Waals surface area contributed by atoms with Crippen molar-refractivity contribution in [3.63, 3.8) is 0 Å². The molecule has 1 aliphatic carbocycles. The van der Waals surface area contributed by atoms with Gasteiger partial charge in [0.2, 0.25) is 0 Å². The van der Waals surface area contributed by atoms with Crippen molar-refractivity contribution < 1.29 is 4.39 Å². The lowest BCUT2D eigenvalue weighted by molar-refractivity contribution is 0.260. The molecular weight excluding hydrogens is 271 g/mol. The molecule has 1 heteroatoms. The number of hydrogen-bond acceptors (Lipinski definition) is 0. The Morgan fingerprint density at radius 1 is 0.955 bits per heavy atom. The van der Waals surface area contributed by atoms with E-state index >= 15 is 0 Å². The zero-order chi connectivity index (χ0) is 15.6. The molecule has 1 aliphatic rings. The average Bonchev–Trinajstić information content (AvgIpc) is 2.55. The summed E-state index contributed by atoms with van der Waals surface area (Å²) in [5.74, 6) is 1.75.